The molecule has 7 heteroatoms. The van der Waals surface area contributed by atoms with E-state index in [0.717, 1.165) is 67.0 Å². The minimum atomic E-state index is 0.941. The van der Waals surface area contributed by atoms with Crippen LogP contribution >= 0.6 is 0 Å². The van der Waals surface area contributed by atoms with Crippen molar-refractivity contribution in [3.8, 4) is 16.8 Å². The average molecular weight is 606 g/mol. The number of fused-ring (bicyclic) bond motifs is 14. The molecule has 47 heavy (non-hydrogen) atoms. The van der Waals surface area contributed by atoms with E-state index in [1.807, 2.05) is 0 Å². The van der Waals surface area contributed by atoms with Crippen molar-refractivity contribution in [2.45, 2.75) is 0 Å². The molecule has 11 aromatic rings. The number of rotatable bonds is 2. The predicted octanol–water partition coefficient (Wildman–Crippen LogP) is 9.04. The van der Waals surface area contributed by atoms with Crippen LogP contribution in [0.4, 0.5) is 0 Å². The van der Waals surface area contributed by atoms with Crippen LogP contribution in [0.25, 0.3) is 94.3 Å². The molecule has 0 unspecified atom stereocenters. The standard InChI is InChI=1S/C40H27N7/c1-43-32-12-6-8-14-34(32)47-36-23-25(17-21-29(36)41-39(43)47)24-15-18-26(19-16-24)45-30-10-4-3-9-27(30)28-20-22-35-37(38(28)45)42-40-44(2)31-11-5-7-13-33(31)46(35)40/h3-23H,1-2H3. The highest BCUT2D eigenvalue weighted by Gasteiger charge is 2.21. The molecule has 0 fully saturated rings. The zero-order valence-corrected chi connectivity index (χ0v) is 25.8. The summed E-state index contributed by atoms with van der Waals surface area (Å²) in [6, 6.07) is 45.7. The summed E-state index contributed by atoms with van der Waals surface area (Å²) in [6.07, 6.45) is 0. The Kier molecular flexibility index (Phi) is 4.60. The molecule has 0 spiro atoms. The molecule has 0 bridgehead atoms. The molecule has 0 atom stereocenters. The third-order valence-corrected chi connectivity index (χ3v) is 10.1. The number of nitrogens with zero attached hydrogens (tertiary/aromatic N) is 7. The molecule has 6 aromatic carbocycles. The van der Waals surface area contributed by atoms with Crippen LogP contribution in [0.3, 0.4) is 0 Å². The van der Waals surface area contributed by atoms with Gasteiger partial charge in [0.25, 0.3) is 0 Å². The van der Waals surface area contributed by atoms with Gasteiger partial charge in [0, 0.05) is 30.6 Å². The zero-order valence-electron chi connectivity index (χ0n) is 25.8. The van der Waals surface area contributed by atoms with E-state index in [2.05, 4.69) is 164 Å². The Morgan fingerprint density at radius 3 is 1.77 bits per heavy atom. The van der Waals surface area contributed by atoms with Gasteiger partial charge in [-0.3, -0.25) is 8.80 Å². The topological polar surface area (TPSA) is 49.4 Å². The lowest BCUT2D eigenvalue weighted by atomic mass is 10.0. The van der Waals surface area contributed by atoms with Crippen LogP contribution in [0.5, 0.6) is 0 Å². The van der Waals surface area contributed by atoms with E-state index in [1.54, 1.807) is 0 Å². The number of hydrogen-bond donors (Lipinski definition) is 0. The quantitative estimate of drug-likeness (QED) is 0.197. The molecule has 0 aliphatic rings. The van der Waals surface area contributed by atoms with Crippen LogP contribution in [0.15, 0.2) is 127 Å². The maximum Gasteiger partial charge on any atom is 0.215 e. The van der Waals surface area contributed by atoms with Crippen LogP contribution in [0.2, 0.25) is 0 Å². The largest absolute Gasteiger partial charge is 0.313 e. The van der Waals surface area contributed by atoms with Gasteiger partial charge in [-0.25, -0.2) is 9.97 Å². The second kappa shape index (κ2) is 8.68. The van der Waals surface area contributed by atoms with Gasteiger partial charge in [-0.05, 0) is 77.9 Å². The Morgan fingerprint density at radius 2 is 1.04 bits per heavy atom. The molecule has 7 nitrogen and oxygen atoms in total. The maximum atomic E-state index is 5.29. The third-order valence-electron chi connectivity index (χ3n) is 10.1. The fraction of sp³-hybridized carbons (Fsp3) is 0.0500. The van der Waals surface area contributed by atoms with Gasteiger partial charge in [0.15, 0.2) is 0 Å². The Hall–Kier alpha value is -6.34. The first-order chi connectivity index (χ1) is 23.2. The van der Waals surface area contributed by atoms with Gasteiger partial charge < -0.3 is 13.7 Å². The summed E-state index contributed by atoms with van der Waals surface area (Å²) < 4.78 is 11.3. The first-order valence-corrected chi connectivity index (χ1v) is 15.9. The normalized spacial score (nSPS) is 12.5. The van der Waals surface area contributed by atoms with Crippen molar-refractivity contribution >= 4 is 77.5 Å². The lowest BCUT2D eigenvalue weighted by Crippen LogP contribution is -1.95. The Balaban J connectivity index is 1.12. The molecular weight excluding hydrogens is 578 g/mol. The predicted molar refractivity (Wildman–Crippen MR) is 192 cm³/mol. The van der Waals surface area contributed by atoms with Crippen LogP contribution in [0, 0.1) is 0 Å². The summed E-state index contributed by atoms with van der Waals surface area (Å²) in [5.41, 5.74) is 14.6. The van der Waals surface area contributed by atoms with Gasteiger partial charge in [-0.2, -0.15) is 0 Å². The van der Waals surface area contributed by atoms with Crippen molar-refractivity contribution in [1.29, 1.82) is 0 Å². The van der Waals surface area contributed by atoms with Gasteiger partial charge in [0.2, 0.25) is 11.6 Å². The molecule has 5 heterocycles. The molecule has 0 amide bonds. The molecule has 0 aliphatic heterocycles. The summed E-state index contributed by atoms with van der Waals surface area (Å²) in [6.45, 7) is 0. The van der Waals surface area contributed by atoms with Crippen LogP contribution in [-0.2, 0) is 14.1 Å². The molecule has 0 saturated heterocycles. The first-order valence-electron chi connectivity index (χ1n) is 15.9. The summed E-state index contributed by atoms with van der Waals surface area (Å²) in [5.74, 6) is 1.89. The maximum absolute atomic E-state index is 5.29. The molecule has 11 rings (SSSR count). The SMILES string of the molecule is Cn1c2ccccc2n2c3cc(-c4ccc(-n5c6ccccc6c6ccc7c(nc8n(C)c9ccccc9n78)c65)cc4)ccc3nc12. The number of hydrogen-bond acceptors (Lipinski definition) is 2. The number of imidazole rings is 4. The highest BCUT2D eigenvalue weighted by atomic mass is 15.2. The van der Waals surface area contributed by atoms with Gasteiger partial charge in [-0.15, -0.1) is 0 Å². The van der Waals surface area contributed by atoms with E-state index in [0.29, 0.717) is 0 Å². The number of aromatic nitrogens is 7. The highest BCUT2D eigenvalue weighted by molar-refractivity contribution is 6.18. The summed E-state index contributed by atoms with van der Waals surface area (Å²) in [4.78, 5) is 10.3. The molecule has 222 valence electrons. The molecule has 0 N–H and O–H groups in total. The van der Waals surface area contributed by atoms with Crippen molar-refractivity contribution in [2.75, 3.05) is 0 Å². The fourth-order valence-electron chi connectivity index (χ4n) is 7.91. The minimum absolute atomic E-state index is 0.941. The lowest BCUT2D eigenvalue weighted by molar-refractivity contribution is 0.973. The van der Waals surface area contributed by atoms with E-state index < -0.39 is 0 Å². The van der Waals surface area contributed by atoms with E-state index in [1.165, 1.54) is 27.3 Å². The van der Waals surface area contributed by atoms with Gasteiger partial charge >= 0.3 is 0 Å². The zero-order chi connectivity index (χ0) is 31.0. The monoisotopic (exact) mass is 605 g/mol. The minimum Gasteiger partial charge on any atom is -0.313 e. The molecule has 5 aromatic heterocycles. The van der Waals surface area contributed by atoms with Crippen LogP contribution in [-0.4, -0.2) is 32.5 Å². The summed E-state index contributed by atoms with van der Waals surface area (Å²) in [5, 5.41) is 2.43. The van der Waals surface area contributed by atoms with Crippen molar-refractivity contribution in [2.24, 2.45) is 14.1 Å². The van der Waals surface area contributed by atoms with Gasteiger partial charge in [0.05, 0.1) is 49.7 Å². The second-order valence-electron chi connectivity index (χ2n) is 12.5. The summed E-state index contributed by atoms with van der Waals surface area (Å²) in [7, 11) is 4.18. The van der Waals surface area contributed by atoms with Crippen LogP contribution < -0.4 is 0 Å². The van der Waals surface area contributed by atoms with E-state index >= 15 is 0 Å². The van der Waals surface area contributed by atoms with E-state index in [-0.39, 0.29) is 0 Å². The van der Waals surface area contributed by atoms with Crippen molar-refractivity contribution in [1.82, 2.24) is 32.5 Å². The summed E-state index contributed by atoms with van der Waals surface area (Å²) >= 11 is 0. The molecule has 0 saturated carbocycles. The van der Waals surface area contributed by atoms with Gasteiger partial charge in [0.1, 0.15) is 5.52 Å². The number of benzene rings is 6. The molecular formula is C40H27N7. The molecule has 0 radical (unpaired) electrons. The second-order valence-corrected chi connectivity index (χ2v) is 12.5. The molecule has 0 aliphatic carbocycles. The van der Waals surface area contributed by atoms with Crippen molar-refractivity contribution < 1.29 is 0 Å². The Labute approximate surface area is 267 Å². The first kappa shape index (κ1) is 24.9. The van der Waals surface area contributed by atoms with Crippen LogP contribution in [0.1, 0.15) is 0 Å². The van der Waals surface area contributed by atoms with Crippen molar-refractivity contribution in [3.05, 3.63) is 127 Å². The Bertz CT molecular complexity index is 3090. The third kappa shape index (κ3) is 3.10. The number of aryl methyl sites for hydroxylation is 2. The van der Waals surface area contributed by atoms with Gasteiger partial charge in [-0.1, -0.05) is 60.7 Å². The average Bonchev–Trinajstić information content (AvgIpc) is 3.90. The lowest BCUT2D eigenvalue weighted by Gasteiger charge is -2.10. The highest BCUT2D eigenvalue weighted by Crippen LogP contribution is 2.38. The fourth-order valence-corrected chi connectivity index (χ4v) is 7.91. The van der Waals surface area contributed by atoms with Crippen molar-refractivity contribution in [3.63, 3.8) is 0 Å². The number of para-hydroxylation sites is 5. The van der Waals surface area contributed by atoms with E-state index in [4.69, 9.17) is 9.97 Å². The smallest absolute Gasteiger partial charge is 0.215 e. The Morgan fingerprint density at radius 1 is 0.447 bits per heavy atom. The van der Waals surface area contributed by atoms with E-state index in [9.17, 15) is 0 Å².